The normalized spacial score (nSPS) is 21.0. The van der Waals surface area contributed by atoms with E-state index in [1.165, 1.54) is 19.2 Å². The maximum Gasteiger partial charge on any atom is 0.339 e. The highest BCUT2D eigenvalue weighted by atomic mass is 35.5. The number of benzene rings is 1. The van der Waals surface area contributed by atoms with Crippen LogP contribution in [0.3, 0.4) is 0 Å². The fourth-order valence-corrected chi connectivity index (χ4v) is 2.64. The van der Waals surface area contributed by atoms with E-state index < -0.39 is 27.7 Å². The molecule has 1 atom stereocenters. The lowest BCUT2D eigenvalue weighted by Gasteiger charge is -2.14. The van der Waals surface area contributed by atoms with Crippen LogP contribution in [0.15, 0.2) is 24.3 Å². The summed E-state index contributed by atoms with van der Waals surface area (Å²) in [5, 5.41) is 2.44. The van der Waals surface area contributed by atoms with E-state index in [0.717, 1.165) is 0 Å². The van der Waals surface area contributed by atoms with Crippen LogP contribution in [0.1, 0.15) is 23.7 Å². The van der Waals surface area contributed by atoms with Gasteiger partial charge < -0.3 is 10.1 Å². The molecule has 0 bridgehead atoms. The first kappa shape index (κ1) is 17.4. The summed E-state index contributed by atoms with van der Waals surface area (Å²) in [4.78, 5) is 35.4. The molecule has 3 N–H and O–H groups in total. The Balaban J connectivity index is 1.94. The van der Waals surface area contributed by atoms with Crippen molar-refractivity contribution in [1.29, 1.82) is 0 Å². The molecule has 0 radical (unpaired) electrons. The molecule has 0 saturated heterocycles. The number of halogens is 2. The van der Waals surface area contributed by atoms with Gasteiger partial charge in [0.1, 0.15) is 4.33 Å². The summed E-state index contributed by atoms with van der Waals surface area (Å²) in [6.07, 6.45) is 0.295. The molecule has 9 heteroatoms. The molecule has 7 nitrogen and oxygen atoms in total. The summed E-state index contributed by atoms with van der Waals surface area (Å²) in [6, 6.07) is 5.57. The maximum atomic E-state index is 11.9. The van der Waals surface area contributed by atoms with Crippen LogP contribution in [0.2, 0.25) is 0 Å². The van der Waals surface area contributed by atoms with Crippen molar-refractivity contribution in [3.05, 3.63) is 29.8 Å². The van der Waals surface area contributed by atoms with Gasteiger partial charge in [0.15, 0.2) is 0 Å². The van der Waals surface area contributed by atoms with Crippen molar-refractivity contribution in [1.82, 2.24) is 10.9 Å². The fraction of sp³-hybridized carbons (Fsp3) is 0.357. The van der Waals surface area contributed by atoms with Crippen LogP contribution < -0.4 is 16.2 Å². The number of amides is 3. The second kappa shape index (κ2) is 6.25. The van der Waals surface area contributed by atoms with Gasteiger partial charge in [0, 0.05) is 0 Å². The molecule has 1 fully saturated rings. The van der Waals surface area contributed by atoms with Crippen molar-refractivity contribution in [2.24, 2.45) is 5.41 Å². The number of rotatable bonds is 3. The van der Waals surface area contributed by atoms with E-state index in [4.69, 9.17) is 23.2 Å². The SMILES string of the molecule is COC(=O)c1ccccc1NC(=O)NNC(=O)[C@@]1(C)CC1(Cl)Cl. The first-order valence-electron chi connectivity index (χ1n) is 6.64. The van der Waals surface area contributed by atoms with Crippen LogP contribution >= 0.6 is 23.2 Å². The third kappa shape index (κ3) is 3.51. The van der Waals surface area contributed by atoms with Crippen molar-refractivity contribution in [2.45, 2.75) is 17.7 Å². The fourth-order valence-electron chi connectivity index (χ4n) is 1.93. The Labute approximate surface area is 142 Å². The van der Waals surface area contributed by atoms with Gasteiger partial charge in [-0.25, -0.2) is 15.0 Å². The number of carbonyl (C=O) groups is 3. The van der Waals surface area contributed by atoms with Gasteiger partial charge in [0.2, 0.25) is 5.91 Å². The molecule has 0 spiro atoms. The van der Waals surface area contributed by atoms with Gasteiger partial charge in [-0.3, -0.25) is 10.2 Å². The predicted molar refractivity (Wildman–Crippen MR) is 85.2 cm³/mol. The zero-order valence-corrected chi connectivity index (χ0v) is 13.9. The third-order valence-electron chi connectivity index (χ3n) is 3.63. The minimum atomic E-state index is -1.13. The number of alkyl halides is 2. The van der Waals surface area contributed by atoms with E-state index in [0.29, 0.717) is 6.42 Å². The molecule has 2 rings (SSSR count). The highest BCUT2D eigenvalue weighted by Crippen LogP contribution is 2.63. The molecule has 1 aliphatic rings. The summed E-state index contributed by atoms with van der Waals surface area (Å²) in [7, 11) is 1.24. The third-order valence-corrected chi connectivity index (χ3v) is 4.73. The van der Waals surface area contributed by atoms with Gasteiger partial charge in [-0.2, -0.15) is 0 Å². The molecule has 1 aromatic carbocycles. The van der Waals surface area contributed by atoms with Crippen LogP contribution in [-0.2, 0) is 9.53 Å². The Kier molecular flexibility index (Phi) is 4.72. The Morgan fingerprint density at radius 3 is 2.35 bits per heavy atom. The maximum absolute atomic E-state index is 11.9. The number of carbonyl (C=O) groups excluding carboxylic acids is 3. The van der Waals surface area contributed by atoms with Crippen LogP contribution in [0, 0.1) is 5.41 Å². The Bertz CT molecular complexity index is 665. The molecule has 1 aromatic rings. The van der Waals surface area contributed by atoms with E-state index in [1.54, 1.807) is 19.1 Å². The number of anilines is 1. The summed E-state index contributed by atoms with van der Waals surface area (Å²) in [5.74, 6) is -1.09. The zero-order chi connectivity index (χ0) is 17.3. The first-order chi connectivity index (χ1) is 10.7. The van der Waals surface area contributed by atoms with Gasteiger partial charge in [0.25, 0.3) is 0 Å². The Morgan fingerprint density at radius 2 is 1.78 bits per heavy atom. The van der Waals surface area contributed by atoms with Gasteiger partial charge in [-0.1, -0.05) is 12.1 Å². The standard InChI is InChI=1S/C14H15Cl2N3O4/c1-13(7-14(13,15)16)11(21)18-19-12(22)17-9-6-4-3-5-8(9)10(20)23-2/h3-6H,7H2,1-2H3,(H,18,21)(H2,17,19,22)/t13-/m1/s1. The molecule has 23 heavy (non-hydrogen) atoms. The van der Waals surface area contributed by atoms with Crippen molar-refractivity contribution in [3.8, 4) is 0 Å². The zero-order valence-electron chi connectivity index (χ0n) is 12.4. The van der Waals surface area contributed by atoms with Crippen LogP contribution in [0.5, 0.6) is 0 Å². The number of nitrogens with one attached hydrogen (secondary N) is 3. The quantitative estimate of drug-likeness (QED) is 0.437. The summed E-state index contributed by atoms with van der Waals surface area (Å²) in [5.41, 5.74) is 3.90. The number of hydrazine groups is 1. The molecule has 124 valence electrons. The van der Waals surface area contributed by atoms with E-state index >= 15 is 0 Å². The molecular weight excluding hydrogens is 345 g/mol. The minimum absolute atomic E-state index is 0.186. The highest BCUT2D eigenvalue weighted by Gasteiger charge is 2.68. The van der Waals surface area contributed by atoms with Crippen LogP contribution in [0.4, 0.5) is 10.5 Å². The molecule has 0 aromatic heterocycles. The van der Waals surface area contributed by atoms with E-state index in [2.05, 4.69) is 20.9 Å². The number of para-hydroxylation sites is 1. The summed E-state index contributed by atoms with van der Waals surface area (Å²) in [6.45, 7) is 1.59. The van der Waals surface area contributed by atoms with Gasteiger partial charge in [-0.05, 0) is 25.5 Å². The van der Waals surface area contributed by atoms with Crippen molar-refractivity contribution in [3.63, 3.8) is 0 Å². The number of hydrogen-bond acceptors (Lipinski definition) is 4. The monoisotopic (exact) mass is 359 g/mol. The smallest absolute Gasteiger partial charge is 0.339 e. The molecular formula is C14H15Cl2N3O4. The average Bonchev–Trinajstić information content (AvgIpc) is 3.04. The lowest BCUT2D eigenvalue weighted by molar-refractivity contribution is -0.126. The molecule has 0 unspecified atom stereocenters. The van der Waals surface area contributed by atoms with E-state index in [-0.39, 0.29) is 11.3 Å². The predicted octanol–water partition coefficient (Wildman–Crippen LogP) is 2.21. The number of esters is 1. The summed E-state index contributed by atoms with van der Waals surface area (Å²) < 4.78 is 3.49. The largest absolute Gasteiger partial charge is 0.465 e. The summed E-state index contributed by atoms with van der Waals surface area (Å²) >= 11 is 11.8. The van der Waals surface area contributed by atoms with Gasteiger partial charge >= 0.3 is 12.0 Å². The lowest BCUT2D eigenvalue weighted by atomic mass is 10.1. The van der Waals surface area contributed by atoms with E-state index in [9.17, 15) is 14.4 Å². The second-order valence-corrected chi connectivity index (χ2v) is 6.77. The highest BCUT2D eigenvalue weighted by molar-refractivity contribution is 6.53. The van der Waals surface area contributed by atoms with Crippen molar-refractivity contribution >= 4 is 46.8 Å². The molecule has 0 heterocycles. The van der Waals surface area contributed by atoms with Crippen LogP contribution in [-0.4, -0.2) is 29.4 Å². The number of methoxy groups -OCH3 is 1. The second-order valence-electron chi connectivity index (χ2n) is 5.28. The average molecular weight is 360 g/mol. The van der Waals surface area contributed by atoms with Gasteiger partial charge in [-0.15, -0.1) is 23.2 Å². The van der Waals surface area contributed by atoms with Gasteiger partial charge in [0.05, 0.1) is 23.8 Å². The lowest BCUT2D eigenvalue weighted by Crippen LogP contribution is -2.47. The van der Waals surface area contributed by atoms with Crippen LogP contribution in [0.25, 0.3) is 0 Å². The number of urea groups is 1. The molecule has 0 aliphatic heterocycles. The Hall–Kier alpha value is -1.99. The molecule has 1 saturated carbocycles. The van der Waals surface area contributed by atoms with Crippen molar-refractivity contribution < 1.29 is 19.1 Å². The topological polar surface area (TPSA) is 96.5 Å². The number of hydrogen-bond donors (Lipinski definition) is 3. The first-order valence-corrected chi connectivity index (χ1v) is 7.39. The van der Waals surface area contributed by atoms with Crippen molar-refractivity contribution in [2.75, 3.05) is 12.4 Å². The molecule has 1 aliphatic carbocycles. The number of ether oxygens (including phenoxy) is 1. The molecule has 3 amide bonds. The Morgan fingerprint density at radius 1 is 1.17 bits per heavy atom. The van der Waals surface area contributed by atoms with E-state index in [1.807, 2.05) is 0 Å². The minimum Gasteiger partial charge on any atom is -0.465 e.